The summed E-state index contributed by atoms with van der Waals surface area (Å²) in [7, 11) is 0. The van der Waals surface area contributed by atoms with Gasteiger partial charge in [-0.2, -0.15) is 0 Å². The standard InChI is InChI=1S/C18H20FNO/c1-12-6-7-18-15(8-12)10-17(21-18)11-20-13(2)14-4-3-5-16(19)9-14/h3-9,13,17,20H,10-11H2,1-2H3. The van der Waals surface area contributed by atoms with E-state index in [1.54, 1.807) is 12.1 Å². The van der Waals surface area contributed by atoms with E-state index in [9.17, 15) is 4.39 Å². The third kappa shape index (κ3) is 3.24. The average Bonchev–Trinajstić information content (AvgIpc) is 2.86. The Hall–Kier alpha value is -1.87. The average molecular weight is 285 g/mol. The van der Waals surface area contributed by atoms with Gasteiger partial charge in [-0.05, 0) is 43.2 Å². The van der Waals surface area contributed by atoms with Crippen LogP contribution in [0.25, 0.3) is 0 Å². The van der Waals surface area contributed by atoms with Gasteiger partial charge < -0.3 is 10.1 Å². The zero-order valence-corrected chi connectivity index (χ0v) is 12.4. The lowest BCUT2D eigenvalue weighted by molar-refractivity contribution is 0.222. The molecule has 0 bridgehead atoms. The summed E-state index contributed by atoms with van der Waals surface area (Å²) in [5.74, 6) is 0.798. The molecule has 2 atom stereocenters. The van der Waals surface area contributed by atoms with Crippen LogP contribution in [-0.4, -0.2) is 12.6 Å². The fraction of sp³-hybridized carbons (Fsp3) is 0.333. The van der Waals surface area contributed by atoms with Crippen LogP contribution in [0.1, 0.15) is 29.7 Å². The Labute approximate surface area is 125 Å². The molecule has 2 nitrogen and oxygen atoms in total. The number of halogens is 1. The van der Waals surface area contributed by atoms with Crippen molar-refractivity contribution in [1.82, 2.24) is 5.32 Å². The molecule has 0 spiro atoms. The number of aryl methyl sites for hydroxylation is 1. The molecule has 3 heteroatoms. The van der Waals surface area contributed by atoms with Gasteiger partial charge in [-0.1, -0.05) is 29.8 Å². The quantitative estimate of drug-likeness (QED) is 0.923. The summed E-state index contributed by atoms with van der Waals surface area (Å²) in [6.45, 7) is 4.89. The fourth-order valence-electron chi connectivity index (χ4n) is 2.77. The molecule has 0 radical (unpaired) electrons. The fourth-order valence-corrected chi connectivity index (χ4v) is 2.77. The van der Waals surface area contributed by atoms with E-state index in [1.807, 2.05) is 19.1 Å². The minimum atomic E-state index is -0.193. The van der Waals surface area contributed by atoms with Crippen molar-refractivity contribution < 1.29 is 9.13 Å². The van der Waals surface area contributed by atoms with Gasteiger partial charge in [-0.3, -0.25) is 0 Å². The highest BCUT2D eigenvalue weighted by atomic mass is 19.1. The molecule has 0 aliphatic carbocycles. The minimum absolute atomic E-state index is 0.106. The minimum Gasteiger partial charge on any atom is -0.488 e. The summed E-state index contributed by atoms with van der Waals surface area (Å²) < 4.78 is 19.2. The molecule has 21 heavy (non-hydrogen) atoms. The maximum atomic E-state index is 13.2. The van der Waals surface area contributed by atoms with E-state index in [1.165, 1.54) is 17.2 Å². The molecule has 0 saturated heterocycles. The first kappa shape index (κ1) is 14.1. The monoisotopic (exact) mass is 285 g/mol. The van der Waals surface area contributed by atoms with Gasteiger partial charge >= 0.3 is 0 Å². The van der Waals surface area contributed by atoms with E-state index >= 15 is 0 Å². The van der Waals surface area contributed by atoms with Crippen LogP contribution >= 0.6 is 0 Å². The second kappa shape index (κ2) is 5.86. The van der Waals surface area contributed by atoms with Crippen LogP contribution in [0.15, 0.2) is 42.5 Å². The Kier molecular flexibility index (Phi) is 3.93. The summed E-state index contributed by atoms with van der Waals surface area (Å²) >= 11 is 0. The third-order valence-corrected chi connectivity index (χ3v) is 3.96. The van der Waals surface area contributed by atoms with Gasteiger partial charge in [0.2, 0.25) is 0 Å². The smallest absolute Gasteiger partial charge is 0.123 e. The van der Waals surface area contributed by atoms with Crippen LogP contribution in [0.5, 0.6) is 5.75 Å². The number of ether oxygens (including phenoxy) is 1. The van der Waals surface area contributed by atoms with Crippen molar-refractivity contribution in [1.29, 1.82) is 0 Å². The molecule has 2 unspecified atom stereocenters. The number of nitrogens with one attached hydrogen (secondary N) is 1. The topological polar surface area (TPSA) is 21.3 Å². The SMILES string of the molecule is Cc1ccc2c(c1)CC(CNC(C)c1cccc(F)c1)O2. The molecule has 2 aromatic carbocycles. The highest BCUT2D eigenvalue weighted by molar-refractivity contribution is 5.40. The van der Waals surface area contributed by atoms with E-state index in [-0.39, 0.29) is 18.0 Å². The van der Waals surface area contributed by atoms with Gasteiger partial charge in [-0.25, -0.2) is 4.39 Å². The van der Waals surface area contributed by atoms with E-state index < -0.39 is 0 Å². The predicted molar refractivity (Wildman–Crippen MR) is 82.1 cm³/mol. The molecule has 110 valence electrons. The first-order valence-corrected chi connectivity index (χ1v) is 7.37. The lowest BCUT2D eigenvalue weighted by atomic mass is 10.1. The van der Waals surface area contributed by atoms with Crippen LogP contribution in [0.4, 0.5) is 4.39 Å². The van der Waals surface area contributed by atoms with Crippen LogP contribution in [-0.2, 0) is 6.42 Å². The van der Waals surface area contributed by atoms with E-state index in [2.05, 4.69) is 24.4 Å². The summed E-state index contributed by atoms with van der Waals surface area (Å²) in [4.78, 5) is 0. The highest BCUT2D eigenvalue weighted by Crippen LogP contribution is 2.29. The Morgan fingerprint density at radius 1 is 1.29 bits per heavy atom. The molecule has 1 aliphatic rings. The van der Waals surface area contributed by atoms with Crippen LogP contribution < -0.4 is 10.1 Å². The molecule has 1 N–H and O–H groups in total. The second-order valence-electron chi connectivity index (χ2n) is 5.74. The molecule has 0 aromatic heterocycles. The Bertz CT molecular complexity index is 641. The van der Waals surface area contributed by atoms with Gasteiger partial charge in [0.05, 0.1) is 0 Å². The molecule has 0 saturated carbocycles. The predicted octanol–water partition coefficient (Wildman–Crippen LogP) is 3.79. The first-order chi connectivity index (χ1) is 10.1. The number of fused-ring (bicyclic) bond motifs is 1. The van der Waals surface area contributed by atoms with Gasteiger partial charge in [0.1, 0.15) is 17.7 Å². The molecule has 1 aliphatic heterocycles. The Morgan fingerprint density at radius 2 is 2.14 bits per heavy atom. The van der Waals surface area contributed by atoms with Crippen LogP contribution in [0.2, 0.25) is 0 Å². The number of benzene rings is 2. The van der Waals surface area contributed by atoms with Crippen molar-refractivity contribution in [2.75, 3.05) is 6.54 Å². The largest absolute Gasteiger partial charge is 0.488 e. The van der Waals surface area contributed by atoms with Crippen LogP contribution in [0.3, 0.4) is 0 Å². The molecule has 1 heterocycles. The molecular weight excluding hydrogens is 265 g/mol. The first-order valence-electron chi connectivity index (χ1n) is 7.37. The molecule has 0 amide bonds. The number of rotatable bonds is 4. The Balaban J connectivity index is 1.57. The summed E-state index contributed by atoms with van der Waals surface area (Å²) in [6, 6.07) is 13.1. The summed E-state index contributed by atoms with van der Waals surface area (Å²) in [5, 5.41) is 3.43. The van der Waals surface area contributed by atoms with Gasteiger partial charge in [-0.15, -0.1) is 0 Å². The maximum absolute atomic E-state index is 13.2. The number of hydrogen-bond donors (Lipinski definition) is 1. The normalized spacial score (nSPS) is 18.1. The zero-order valence-electron chi connectivity index (χ0n) is 12.4. The lowest BCUT2D eigenvalue weighted by Crippen LogP contribution is -2.31. The highest BCUT2D eigenvalue weighted by Gasteiger charge is 2.23. The van der Waals surface area contributed by atoms with E-state index in [0.29, 0.717) is 0 Å². The third-order valence-electron chi connectivity index (χ3n) is 3.96. The maximum Gasteiger partial charge on any atom is 0.123 e. The van der Waals surface area contributed by atoms with Crippen molar-refractivity contribution in [3.63, 3.8) is 0 Å². The number of hydrogen-bond acceptors (Lipinski definition) is 2. The molecule has 2 aromatic rings. The second-order valence-corrected chi connectivity index (χ2v) is 5.74. The summed E-state index contributed by atoms with van der Waals surface area (Å²) in [5.41, 5.74) is 3.50. The van der Waals surface area contributed by atoms with Crippen molar-refractivity contribution in [3.05, 3.63) is 65.0 Å². The van der Waals surface area contributed by atoms with Crippen molar-refractivity contribution in [2.45, 2.75) is 32.4 Å². The lowest BCUT2D eigenvalue weighted by Gasteiger charge is -2.17. The van der Waals surface area contributed by atoms with E-state index in [0.717, 1.165) is 24.3 Å². The van der Waals surface area contributed by atoms with Crippen LogP contribution in [0, 0.1) is 12.7 Å². The van der Waals surface area contributed by atoms with Gasteiger partial charge in [0.15, 0.2) is 0 Å². The van der Waals surface area contributed by atoms with E-state index in [4.69, 9.17) is 4.74 Å². The van der Waals surface area contributed by atoms with Crippen molar-refractivity contribution >= 4 is 0 Å². The molecular formula is C18H20FNO. The molecule has 0 fully saturated rings. The zero-order chi connectivity index (χ0) is 14.8. The summed E-state index contributed by atoms with van der Waals surface area (Å²) in [6.07, 6.45) is 1.08. The van der Waals surface area contributed by atoms with Crippen molar-refractivity contribution in [3.8, 4) is 5.75 Å². The van der Waals surface area contributed by atoms with Gasteiger partial charge in [0, 0.05) is 19.0 Å². The van der Waals surface area contributed by atoms with Crippen molar-refractivity contribution in [2.24, 2.45) is 0 Å². The molecule has 3 rings (SSSR count). The Morgan fingerprint density at radius 3 is 2.95 bits per heavy atom. The van der Waals surface area contributed by atoms with Gasteiger partial charge in [0.25, 0.3) is 0 Å².